The molecule has 1 saturated heterocycles. The molecule has 2 aromatic rings. The quantitative estimate of drug-likeness (QED) is 0.789. The van der Waals surface area contributed by atoms with E-state index < -0.39 is 0 Å². The van der Waals surface area contributed by atoms with E-state index in [4.69, 9.17) is 4.74 Å². The van der Waals surface area contributed by atoms with Crippen molar-refractivity contribution in [2.75, 3.05) is 6.61 Å². The summed E-state index contributed by atoms with van der Waals surface area (Å²) in [5.74, 6) is 0.337. The molecular weight excluding hydrogens is 260 g/mol. The Morgan fingerprint density at radius 1 is 1.14 bits per heavy atom. The normalized spacial score (nSPS) is 18.2. The van der Waals surface area contributed by atoms with Gasteiger partial charge in [0.15, 0.2) is 0 Å². The number of hydrogen-bond donors (Lipinski definition) is 0. The number of Topliss-reactive ketones (excluding diaryl/α,β-unsaturated/α-hetero) is 1. The van der Waals surface area contributed by atoms with Crippen LogP contribution in [0.15, 0.2) is 42.5 Å². The second-order valence-corrected chi connectivity index (χ2v) is 5.88. The van der Waals surface area contributed by atoms with Gasteiger partial charge in [0.1, 0.15) is 5.78 Å². The molecule has 2 aromatic carbocycles. The lowest BCUT2D eigenvalue weighted by molar-refractivity contribution is -0.118. The van der Waals surface area contributed by atoms with E-state index in [2.05, 4.69) is 24.3 Å². The highest BCUT2D eigenvalue weighted by Gasteiger charge is 2.15. The minimum atomic E-state index is 0.337. The summed E-state index contributed by atoms with van der Waals surface area (Å²) in [6, 6.07) is 14.5. The van der Waals surface area contributed by atoms with Crippen molar-refractivity contribution in [3.8, 4) is 0 Å². The van der Waals surface area contributed by atoms with E-state index in [-0.39, 0.29) is 0 Å². The lowest BCUT2D eigenvalue weighted by atomic mass is 9.98. The number of ketones is 1. The Kier molecular flexibility index (Phi) is 4.66. The van der Waals surface area contributed by atoms with E-state index in [9.17, 15) is 4.79 Å². The van der Waals surface area contributed by atoms with Crippen LogP contribution in [0.2, 0.25) is 0 Å². The van der Waals surface area contributed by atoms with Gasteiger partial charge >= 0.3 is 0 Å². The molecule has 0 amide bonds. The first-order valence-electron chi connectivity index (χ1n) is 7.93. The van der Waals surface area contributed by atoms with E-state index in [1.165, 1.54) is 17.2 Å². The number of fused-ring (bicyclic) bond motifs is 1. The molecule has 0 N–H and O–H groups in total. The van der Waals surface area contributed by atoms with Crippen LogP contribution in [0, 0.1) is 0 Å². The fraction of sp³-hybridized carbons (Fsp3) is 0.421. The number of hydrogen-bond acceptors (Lipinski definition) is 2. The summed E-state index contributed by atoms with van der Waals surface area (Å²) in [5.41, 5.74) is 1.15. The highest BCUT2D eigenvalue weighted by molar-refractivity contribution is 5.90. The summed E-state index contributed by atoms with van der Waals surface area (Å²) >= 11 is 0. The minimum absolute atomic E-state index is 0.337. The first-order valence-corrected chi connectivity index (χ1v) is 7.93. The third-order valence-electron chi connectivity index (χ3n) is 4.27. The van der Waals surface area contributed by atoms with Gasteiger partial charge in [0, 0.05) is 19.4 Å². The first-order chi connectivity index (χ1) is 10.3. The molecule has 0 radical (unpaired) electrons. The minimum Gasteiger partial charge on any atom is -0.378 e. The molecule has 1 atom stereocenters. The number of carbonyl (C=O) groups excluding carboxylic acids is 1. The number of rotatable bonds is 6. The lowest BCUT2D eigenvalue weighted by Gasteiger charge is -2.09. The van der Waals surface area contributed by atoms with E-state index in [1.807, 2.05) is 18.2 Å². The van der Waals surface area contributed by atoms with Gasteiger partial charge in [-0.3, -0.25) is 4.79 Å². The van der Waals surface area contributed by atoms with Gasteiger partial charge in [-0.05, 0) is 42.0 Å². The molecule has 1 heterocycles. The van der Waals surface area contributed by atoms with Gasteiger partial charge in [0.05, 0.1) is 6.10 Å². The van der Waals surface area contributed by atoms with Crippen molar-refractivity contribution in [3.63, 3.8) is 0 Å². The van der Waals surface area contributed by atoms with Crippen molar-refractivity contribution in [2.24, 2.45) is 0 Å². The second kappa shape index (κ2) is 6.86. The fourth-order valence-corrected chi connectivity index (χ4v) is 3.15. The molecule has 2 nitrogen and oxygen atoms in total. The zero-order valence-corrected chi connectivity index (χ0v) is 12.4. The van der Waals surface area contributed by atoms with Gasteiger partial charge in [-0.15, -0.1) is 0 Å². The molecule has 110 valence electrons. The van der Waals surface area contributed by atoms with Crippen molar-refractivity contribution < 1.29 is 9.53 Å². The zero-order chi connectivity index (χ0) is 14.5. The Labute approximate surface area is 126 Å². The summed E-state index contributed by atoms with van der Waals surface area (Å²) in [7, 11) is 0. The predicted molar refractivity (Wildman–Crippen MR) is 85.5 cm³/mol. The molecule has 0 spiro atoms. The molecule has 3 rings (SSSR count). The topological polar surface area (TPSA) is 26.3 Å². The summed E-state index contributed by atoms with van der Waals surface area (Å²) in [6.07, 6.45) is 5.94. The van der Waals surface area contributed by atoms with E-state index in [1.54, 1.807) is 0 Å². The van der Waals surface area contributed by atoms with Crippen LogP contribution >= 0.6 is 0 Å². The highest BCUT2D eigenvalue weighted by Crippen LogP contribution is 2.21. The third kappa shape index (κ3) is 3.70. The molecule has 1 aliphatic heterocycles. The van der Waals surface area contributed by atoms with Crippen molar-refractivity contribution in [3.05, 3.63) is 48.0 Å². The third-order valence-corrected chi connectivity index (χ3v) is 4.27. The summed E-state index contributed by atoms with van der Waals surface area (Å²) in [4.78, 5) is 12.2. The largest absolute Gasteiger partial charge is 0.378 e. The van der Waals surface area contributed by atoms with Crippen molar-refractivity contribution in [1.82, 2.24) is 0 Å². The van der Waals surface area contributed by atoms with Crippen LogP contribution in [0.4, 0.5) is 0 Å². The molecule has 1 unspecified atom stereocenters. The molecule has 21 heavy (non-hydrogen) atoms. The Bertz CT molecular complexity index is 606. The number of carbonyl (C=O) groups is 1. The molecule has 0 aliphatic carbocycles. The number of benzene rings is 2. The molecule has 0 aromatic heterocycles. The van der Waals surface area contributed by atoms with Crippen LogP contribution in [-0.4, -0.2) is 18.5 Å². The highest BCUT2D eigenvalue weighted by atomic mass is 16.5. The average molecular weight is 282 g/mol. The lowest BCUT2D eigenvalue weighted by Crippen LogP contribution is -2.08. The summed E-state index contributed by atoms with van der Waals surface area (Å²) in [5, 5.41) is 2.41. The van der Waals surface area contributed by atoms with Crippen molar-refractivity contribution in [1.29, 1.82) is 0 Å². The molecule has 2 heteroatoms. The standard InChI is InChI=1S/C19H22O2/c20-17(9-4-10-18-11-5-13-21-18)14-16-8-3-7-15-6-1-2-12-19(15)16/h1-3,6-8,12,18H,4-5,9-11,13-14H2. The SMILES string of the molecule is O=C(CCCC1CCCO1)Cc1cccc2ccccc12. The van der Waals surface area contributed by atoms with Crippen LogP contribution < -0.4 is 0 Å². The van der Waals surface area contributed by atoms with Gasteiger partial charge in [-0.2, -0.15) is 0 Å². The Balaban J connectivity index is 1.56. The molecular formula is C19H22O2. The van der Waals surface area contributed by atoms with Gasteiger partial charge < -0.3 is 4.74 Å². The van der Waals surface area contributed by atoms with Crippen LogP contribution in [0.1, 0.15) is 37.7 Å². The van der Waals surface area contributed by atoms with E-state index >= 15 is 0 Å². The van der Waals surface area contributed by atoms with Crippen molar-refractivity contribution in [2.45, 2.75) is 44.6 Å². The van der Waals surface area contributed by atoms with Crippen LogP contribution in [0.5, 0.6) is 0 Å². The maximum atomic E-state index is 12.2. The molecule has 1 aliphatic rings. The van der Waals surface area contributed by atoms with Gasteiger partial charge in [0.25, 0.3) is 0 Å². The van der Waals surface area contributed by atoms with Gasteiger partial charge in [-0.1, -0.05) is 42.5 Å². The van der Waals surface area contributed by atoms with Crippen molar-refractivity contribution >= 4 is 16.6 Å². The van der Waals surface area contributed by atoms with E-state index in [0.717, 1.165) is 31.4 Å². The van der Waals surface area contributed by atoms with Crippen LogP contribution in [0.3, 0.4) is 0 Å². The maximum Gasteiger partial charge on any atom is 0.137 e. The van der Waals surface area contributed by atoms with Gasteiger partial charge in [-0.25, -0.2) is 0 Å². The predicted octanol–water partition coefficient (Wildman–Crippen LogP) is 4.30. The maximum absolute atomic E-state index is 12.2. The monoisotopic (exact) mass is 282 g/mol. The number of ether oxygens (including phenoxy) is 1. The Morgan fingerprint density at radius 2 is 2.00 bits per heavy atom. The van der Waals surface area contributed by atoms with Crippen LogP contribution in [-0.2, 0) is 16.0 Å². The smallest absolute Gasteiger partial charge is 0.137 e. The second-order valence-electron chi connectivity index (χ2n) is 5.88. The van der Waals surface area contributed by atoms with Gasteiger partial charge in [0.2, 0.25) is 0 Å². The van der Waals surface area contributed by atoms with E-state index in [0.29, 0.717) is 24.7 Å². The summed E-state index contributed by atoms with van der Waals surface area (Å²) in [6.45, 7) is 0.897. The Hall–Kier alpha value is -1.67. The van der Waals surface area contributed by atoms with Crippen LogP contribution in [0.25, 0.3) is 10.8 Å². The Morgan fingerprint density at radius 3 is 2.86 bits per heavy atom. The zero-order valence-electron chi connectivity index (χ0n) is 12.4. The molecule has 1 fully saturated rings. The first kappa shape index (κ1) is 14.3. The molecule has 0 saturated carbocycles. The summed E-state index contributed by atoms with van der Waals surface area (Å²) < 4.78 is 5.60. The fourth-order valence-electron chi connectivity index (χ4n) is 3.15. The average Bonchev–Trinajstić information content (AvgIpc) is 3.01. The molecule has 0 bridgehead atoms.